The van der Waals surface area contributed by atoms with Crippen molar-refractivity contribution in [1.82, 2.24) is 0 Å². The highest BCUT2D eigenvalue weighted by Crippen LogP contribution is 2.43. The molecular formula is C50H35B. The first-order valence-electron chi connectivity index (χ1n) is 18.2. The predicted molar refractivity (Wildman–Crippen MR) is 221 cm³/mol. The fraction of sp³-hybridized carbons (Fsp3) is 0.0800. The van der Waals surface area contributed by atoms with Crippen LogP contribution in [0.2, 0.25) is 0 Å². The van der Waals surface area contributed by atoms with Gasteiger partial charge in [-0.15, -0.1) is 5.47 Å². The molecule has 0 atom stereocenters. The summed E-state index contributed by atoms with van der Waals surface area (Å²) in [7, 11) is 6.48. The van der Waals surface area contributed by atoms with Gasteiger partial charge in [0.25, 0.3) is 0 Å². The van der Waals surface area contributed by atoms with Gasteiger partial charge < -0.3 is 0 Å². The van der Waals surface area contributed by atoms with Crippen LogP contribution in [0.1, 0.15) is 31.2 Å². The Hall–Kier alpha value is -5.92. The molecular weight excluding hydrogens is 611 g/mol. The summed E-state index contributed by atoms with van der Waals surface area (Å²) in [6, 6.07) is 60.8. The van der Waals surface area contributed by atoms with Crippen LogP contribution >= 0.6 is 0 Å². The highest BCUT2D eigenvalue weighted by Gasteiger charge is 2.16. The molecule has 0 nitrogen and oxygen atoms in total. The van der Waals surface area contributed by atoms with Crippen LogP contribution in [-0.2, 0) is 0 Å². The molecule has 1 heteroatoms. The van der Waals surface area contributed by atoms with Gasteiger partial charge >= 0.3 is 0 Å². The van der Waals surface area contributed by atoms with E-state index in [1.54, 1.807) is 0 Å². The van der Waals surface area contributed by atoms with Crippen molar-refractivity contribution in [3.63, 3.8) is 0 Å². The minimum atomic E-state index is 1.00. The Balaban J connectivity index is 1.08. The topological polar surface area (TPSA) is 0 Å². The maximum atomic E-state index is 6.48. The van der Waals surface area contributed by atoms with Crippen LogP contribution in [0.25, 0.3) is 93.2 Å². The van der Waals surface area contributed by atoms with Gasteiger partial charge in [-0.2, -0.15) is 0 Å². The largest absolute Gasteiger partial charge is 0.114 e. The summed E-state index contributed by atoms with van der Waals surface area (Å²) in [5, 5.41) is 10.3. The van der Waals surface area contributed by atoms with Crippen molar-refractivity contribution < 1.29 is 0 Å². The molecule has 1 aliphatic carbocycles. The molecule has 0 spiro atoms. The lowest BCUT2D eigenvalue weighted by Crippen LogP contribution is -1.99. The molecule has 0 heterocycles. The highest BCUT2D eigenvalue weighted by molar-refractivity contribution is 6.28. The molecule has 0 unspecified atom stereocenters. The summed E-state index contributed by atoms with van der Waals surface area (Å²) in [6.07, 6.45) is 4.47. The van der Waals surface area contributed by atoms with E-state index in [0.717, 1.165) is 18.3 Å². The van der Waals surface area contributed by atoms with Crippen LogP contribution in [0.15, 0.2) is 169 Å². The van der Waals surface area contributed by atoms with Gasteiger partial charge in [-0.25, -0.2) is 0 Å². The van der Waals surface area contributed by atoms with Gasteiger partial charge in [0.15, 0.2) is 0 Å². The first kappa shape index (κ1) is 30.0. The number of fused-ring (bicyclic) bond motifs is 1. The molecule has 9 aromatic carbocycles. The zero-order chi connectivity index (χ0) is 33.9. The first-order valence-corrected chi connectivity index (χ1v) is 18.2. The quantitative estimate of drug-likeness (QED) is 0.129. The Morgan fingerprint density at radius 1 is 0.333 bits per heavy atom. The standard InChI is InChI=1S/C50H35B/c51-48-17-4-3-16-45(48)42-15-7-11-37(31-42)36-10-5-13-40(29-36)43-24-20-33-23-27-47-44(25-21-34-22-26-46(43)49(33)50(34)47)41-14-6-12-38(30-41)39-19-18-32-8-1-2-9-35(32)28-39/h1-2,5-15,18-31H,3-4,16-17H2. The van der Waals surface area contributed by atoms with E-state index in [1.165, 1.54) is 112 Å². The fourth-order valence-electron chi connectivity index (χ4n) is 8.55. The molecule has 1 aliphatic rings. The van der Waals surface area contributed by atoms with Gasteiger partial charge in [0.2, 0.25) is 0 Å². The molecule has 0 aliphatic heterocycles. The summed E-state index contributed by atoms with van der Waals surface area (Å²) < 4.78 is 0. The molecule has 0 saturated heterocycles. The average molecular weight is 647 g/mol. The van der Waals surface area contributed by atoms with E-state index in [-0.39, 0.29) is 0 Å². The van der Waals surface area contributed by atoms with Crippen LogP contribution in [0.4, 0.5) is 0 Å². The Morgan fingerprint density at radius 3 is 1.41 bits per heavy atom. The second-order valence-electron chi connectivity index (χ2n) is 14.2. The molecule has 2 radical (unpaired) electrons. The van der Waals surface area contributed by atoms with Crippen LogP contribution in [-0.4, -0.2) is 7.85 Å². The molecule has 0 aromatic heterocycles. The summed E-state index contributed by atoms with van der Waals surface area (Å²) in [4.78, 5) is 0. The third-order valence-electron chi connectivity index (χ3n) is 11.1. The number of hydrogen-bond acceptors (Lipinski definition) is 0. The Morgan fingerprint density at radius 2 is 0.804 bits per heavy atom. The second kappa shape index (κ2) is 12.1. The molecule has 238 valence electrons. The lowest BCUT2D eigenvalue weighted by atomic mass is 9.77. The number of hydrogen-bond donors (Lipinski definition) is 0. The van der Waals surface area contributed by atoms with Gasteiger partial charge in [0, 0.05) is 0 Å². The number of benzene rings is 9. The smallest absolute Gasteiger partial charge is 0.108 e. The molecule has 0 N–H and O–H groups in total. The van der Waals surface area contributed by atoms with Crippen molar-refractivity contribution in [2.75, 3.05) is 0 Å². The number of allylic oxidation sites excluding steroid dienone is 2. The van der Waals surface area contributed by atoms with Crippen molar-refractivity contribution >= 4 is 56.5 Å². The minimum Gasteiger partial charge on any atom is -0.114 e. The van der Waals surface area contributed by atoms with Crippen LogP contribution < -0.4 is 0 Å². The van der Waals surface area contributed by atoms with Crippen molar-refractivity contribution in [2.45, 2.75) is 25.7 Å². The van der Waals surface area contributed by atoms with Gasteiger partial charge in [0.05, 0.1) is 0 Å². The first-order chi connectivity index (χ1) is 25.2. The molecule has 0 saturated carbocycles. The van der Waals surface area contributed by atoms with E-state index in [0.29, 0.717) is 0 Å². The molecule has 10 rings (SSSR count). The van der Waals surface area contributed by atoms with E-state index in [1.807, 2.05) is 0 Å². The van der Waals surface area contributed by atoms with Crippen molar-refractivity contribution in [3.8, 4) is 44.5 Å². The summed E-state index contributed by atoms with van der Waals surface area (Å²) in [6.45, 7) is 0. The Bertz CT molecular complexity index is 2820. The molecule has 9 aromatic rings. The SMILES string of the molecule is [B]C1=C(c2cccc(-c3cccc(-c4ccc5ccc6c(-c7cccc(-c8ccc9ccccc9c8)c7)ccc7ccc4c5c76)c3)c2)CCCC1. The summed E-state index contributed by atoms with van der Waals surface area (Å²) >= 11 is 0. The summed E-state index contributed by atoms with van der Waals surface area (Å²) in [5.41, 5.74) is 13.6. The number of rotatable bonds is 5. The lowest BCUT2D eigenvalue weighted by Gasteiger charge is -2.19. The van der Waals surface area contributed by atoms with E-state index in [2.05, 4.69) is 164 Å². The monoisotopic (exact) mass is 646 g/mol. The fourth-order valence-corrected chi connectivity index (χ4v) is 8.55. The van der Waals surface area contributed by atoms with Crippen molar-refractivity contribution in [1.29, 1.82) is 0 Å². The van der Waals surface area contributed by atoms with E-state index < -0.39 is 0 Å². The van der Waals surface area contributed by atoms with Gasteiger partial charge in [-0.05, 0) is 137 Å². The molecule has 0 fully saturated rings. The lowest BCUT2D eigenvalue weighted by molar-refractivity contribution is 0.734. The third kappa shape index (κ3) is 5.15. The van der Waals surface area contributed by atoms with Crippen LogP contribution in [0.3, 0.4) is 0 Å². The van der Waals surface area contributed by atoms with Crippen molar-refractivity contribution in [2.24, 2.45) is 0 Å². The predicted octanol–water partition coefficient (Wildman–Crippen LogP) is 13.9. The van der Waals surface area contributed by atoms with Crippen molar-refractivity contribution in [3.05, 3.63) is 175 Å². The van der Waals surface area contributed by atoms with E-state index in [9.17, 15) is 0 Å². The Labute approximate surface area is 300 Å². The highest BCUT2D eigenvalue weighted by atomic mass is 14.2. The second-order valence-corrected chi connectivity index (χ2v) is 14.2. The maximum Gasteiger partial charge on any atom is 0.108 e. The van der Waals surface area contributed by atoms with Gasteiger partial charge in [-0.3, -0.25) is 0 Å². The molecule has 0 bridgehead atoms. The van der Waals surface area contributed by atoms with E-state index >= 15 is 0 Å². The van der Waals surface area contributed by atoms with Gasteiger partial charge in [0.1, 0.15) is 7.85 Å². The average Bonchev–Trinajstić information content (AvgIpc) is 3.20. The molecule has 51 heavy (non-hydrogen) atoms. The normalized spacial score (nSPS) is 13.6. The Kier molecular flexibility index (Phi) is 7.13. The van der Waals surface area contributed by atoms with E-state index in [4.69, 9.17) is 7.85 Å². The third-order valence-corrected chi connectivity index (χ3v) is 11.1. The minimum absolute atomic E-state index is 1.00. The zero-order valence-electron chi connectivity index (χ0n) is 28.5. The summed E-state index contributed by atoms with van der Waals surface area (Å²) in [5.74, 6) is 0. The van der Waals surface area contributed by atoms with Crippen LogP contribution in [0, 0.1) is 0 Å². The zero-order valence-corrected chi connectivity index (χ0v) is 28.5. The maximum absolute atomic E-state index is 6.48. The van der Waals surface area contributed by atoms with Gasteiger partial charge in [-0.1, -0.05) is 152 Å². The van der Waals surface area contributed by atoms with Crippen LogP contribution in [0.5, 0.6) is 0 Å². The molecule has 0 amide bonds.